The van der Waals surface area contributed by atoms with Gasteiger partial charge in [-0.1, -0.05) is 27.7 Å². The van der Waals surface area contributed by atoms with Crippen molar-refractivity contribution >= 4 is 11.6 Å². The van der Waals surface area contributed by atoms with Gasteiger partial charge in [0, 0.05) is 18.7 Å². The molecule has 1 aromatic heterocycles. The Labute approximate surface area is 115 Å². The van der Waals surface area contributed by atoms with Gasteiger partial charge in [-0.15, -0.1) is 0 Å². The summed E-state index contributed by atoms with van der Waals surface area (Å²) < 4.78 is 0. The van der Waals surface area contributed by atoms with Crippen molar-refractivity contribution in [3.05, 3.63) is 11.9 Å². The summed E-state index contributed by atoms with van der Waals surface area (Å²) in [6, 6.07) is 0. The molecule has 1 aromatic rings. The summed E-state index contributed by atoms with van der Waals surface area (Å²) >= 11 is 0. The first-order valence-corrected chi connectivity index (χ1v) is 6.98. The van der Waals surface area contributed by atoms with Gasteiger partial charge in [-0.05, 0) is 18.8 Å². The van der Waals surface area contributed by atoms with E-state index in [4.69, 9.17) is 0 Å². The molecule has 5 nitrogen and oxygen atoms in total. The Kier molecular flexibility index (Phi) is 6.02. The zero-order chi connectivity index (χ0) is 14.4. The average Bonchev–Trinajstić information content (AvgIpc) is 2.35. The topological polar surface area (TPSA) is 70.1 Å². The van der Waals surface area contributed by atoms with Gasteiger partial charge < -0.3 is 15.7 Å². The normalized spacial score (nSPS) is 12.8. The first kappa shape index (κ1) is 15.7. The number of aliphatic hydroxyl groups excluding tert-OH is 1. The van der Waals surface area contributed by atoms with Gasteiger partial charge >= 0.3 is 0 Å². The van der Waals surface area contributed by atoms with Crippen molar-refractivity contribution in [2.24, 2.45) is 5.92 Å². The van der Waals surface area contributed by atoms with Gasteiger partial charge in [0.25, 0.3) is 0 Å². The van der Waals surface area contributed by atoms with Crippen LogP contribution < -0.4 is 10.6 Å². The van der Waals surface area contributed by atoms with E-state index >= 15 is 0 Å². The number of anilines is 2. The lowest BCUT2D eigenvalue weighted by Crippen LogP contribution is -2.26. The predicted octanol–water partition coefficient (Wildman–Crippen LogP) is 2.46. The third kappa shape index (κ3) is 4.35. The van der Waals surface area contributed by atoms with Crippen LogP contribution in [0, 0.1) is 5.92 Å². The van der Waals surface area contributed by atoms with Gasteiger partial charge in [-0.2, -0.15) is 0 Å². The highest BCUT2D eigenvalue weighted by atomic mass is 16.3. The summed E-state index contributed by atoms with van der Waals surface area (Å²) in [5, 5.41) is 16.4. The number of aliphatic hydroxyl groups is 1. The quantitative estimate of drug-likeness (QED) is 0.707. The van der Waals surface area contributed by atoms with E-state index in [0.29, 0.717) is 12.5 Å². The predicted molar refractivity (Wildman–Crippen MR) is 79.6 cm³/mol. The molecule has 0 radical (unpaired) electrons. The largest absolute Gasteiger partial charge is 0.391 e. The molecule has 0 aliphatic heterocycles. The first-order chi connectivity index (χ1) is 8.97. The van der Waals surface area contributed by atoms with Gasteiger partial charge in [-0.3, -0.25) is 0 Å². The van der Waals surface area contributed by atoms with Crippen LogP contribution in [0.25, 0.3) is 0 Å². The summed E-state index contributed by atoms with van der Waals surface area (Å²) in [4.78, 5) is 8.59. The number of aromatic nitrogens is 2. The first-order valence-electron chi connectivity index (χ1n) is 6.98. The maximum atomic E-state index is 9.87. The molecule has 0 bridgehead atoms. The van der Waals surface area contributed by atoms with E-state index in [0.717, 1.165) is 23.7 Å². The third-order valence-electron chi connectivity index (χ3n) is 3.05. The maximum Gasteiger partial charge on any atom is 0.135 e. The van der Waals surface area contributed by atoms with E-state index in [1.807, 2.05) is 20.8 Å². The van der Waals surface area contributed by atoms with Crippen LogP contribution in [-0.2, 0) is 0 Å². The zero-order valence-corrected chi connectivity index (χ0v) is 12.6. The zero-order valence-electron chi connectivity index (χ0n) is 12.6. The Morgan fingerprint density at radius 1 is 1.11 bits per heavy atom. The second-order valence-corrected chi connectivity index (χ2v) is 5.36. The van der Waals surface area contributed by atoms with Crippen LogP contribution in [0.1, 0.15) is 46.1 Å². The molecule has 0 spiro atoms. The van der Waals surface area contributed by atoms with Crippen LogP contribution in [0.3, 0.4) is 0 Å². The summed E-state index contributed by atoms with van der Waals surface area (Å²) in [7, 11) is 0. The Morgan fingerprint density at radius 3 is 2.16 bits per heavy atom. The molecule has 19 heavy (non-hydrogen) atoms. The minimum atomic E-state index is -0.377. The highest BCUT2D eigenvalue weighted by molar-refractivity contribution is 5.59. The van der Waals surface area contributed by atoms with E-state index < -0.39 is 0 Å². The fourth-order valence-electron chi connectivity index (χ4n) is 1.83. The SMILES string of the molecule is CCNc1ncnc(NCC(O)C(C)C)c1C(C)C. The number of hydrogen-bond donors (Lipinski definition) is 3. The molecule has 0 aliphatic carbocycles. The van der Waals surface area contributed by atoms with Gasteiger partial charge in [0.1, 0.15) is 18.0 Å². The molecular weight excluding hydrogens is 240 g/mol. The molecule has 0 amide bonds. The molecular formula is C14H26N4O. The van der Waals surface area contributed by atoms with Crippen molar-refractivity contribution in [3.63, 3.8) is 0 Å². The summed E-state index contributed by atoms with van der Waals surface area (Å²) in [6.45, 7) is 11.6. The summed E-state index contributed by atoms with van der Waals surface area (Å²) in [5.41, 5.74) is 1.07. The van der Waals surface area contributed by atoms with Gasteiger partial charge in [0.05, 0.1) is 6.10 Å². The van der Waals surface area contributed by atoms with Gasteiger partial charge in [-0.25, -0.2) is 9.97 Å². The molecule has 0 saturated carbocycles. The van der Waals surface area contributed by atoms with Crippen molar-refractivity contribution in [1.29, 1.82) is 0 Å². The van der Waals surface area contributed by atoms with Gasteiger partial charge in [0.15, 0.2) is 0 Å². The van der Waals surface area contributed by atoms with Crippen molar-refractivity contribution in [3.8, 4) is 0 Å². The van der Waals surface area contributed by atoms with Crippen LogP contribution in [0.5, 0.6) is 0 Å². The second-order valence-electron chi connectivity index (χ2n) is 5.36. The minimum absolute atomic E-state index is 0.227. The standard InChI is InChI=1S/C14H26N4O/c1-6-15-13-12(10(4)5)14(18-8-17-13)16-7-11(19)9(2)3/h8-11,19H,6-7H2,1-5H3,(H2,15,16,17,18). The second kappa shape index (κ2) is 7.28. The van der Waals surface area contributed by atoms with Crippen LogP contribution in [-0.4, -0.2) is 34.3 Å². The number of nitrogens with one attached hydrogen (secondary N) is 2. The molecule has 1 heterocycles. The molecule has 0 aromatic carbocycles. The van der Waals surface area contributed by atoms with E-state index in [9.17, 15) is 5.11 Å². The van der Waals surface area contributed by atoms with Crippen LogP contribution in [0.4, 0.5) is 11.6 Å². The Bertz CT molecular complexity index is 393. The summed E-state index contributed by atoms with van der Waals surface area (Å²) in [6.07, 6.45) is 1.17. The monoisotopic (exact) mass is 266 g/mol. The van der Waals surface area contributed by atoms with Gasteiger partial charge in [0.2, 0.25) is 0 Å². The van der Waals surface area contributed by atoms with E-state index in [1.54, 1.807) is 6.33 Å². The number of rotatable bonds is 7. The third-order valence-corrected chi connectivity index (χ3v) is 3.05. The van der Waals surface area contributed by atoms with Crippen LogP contribution >= 0.6 is 0 Å². The highest BCUT2D eigenvalue weighted by Gasteiger charge is 2.16. The van der Waals surface area contributed by atoms with E-state index in [2.05, 4.69) is 34.4 Å². The molecule has 0 fully saturated rings. The van der Waals surface area contributed by atoms with Crippen molar-refractivity contribution in [2.75, 3.05) is 23.7 Å². The molecule has 1 atom stereocenters. The van der Waals surface area contributed by atoms with Crippen LogP contribution in [0.15, 0.2) is 6.33 Å². The van der Waals surface area contributed by atoms with Crippen molar-refractivity contribution < 1.29 is 5.11 Å². The lowest BCUT2D eigenvalue weighted by Gasteiger charge is -2.20. The Morgan fingerprint density at radius 2 is 1.68 bits per heavy atom. The molecule has 0 saturated heterocycles. The highest BCUT2D eigenvalue weighted by Crippen LogP contribution is 2.28. The molecule has 3 N–H and O–H groups in total. The van der Waals surface area contributed by atoms with E-state index in [-0.39, 0.29) is 12.0 Å². The fraction of sp³-hybridized carbons (Fsp3) is 0.714. The Balaban J connectivity index is 2.90. The van der Waals surface area contributed by atoms with Crippen molar-refractivity contribution in [2.45, 2.75) is 46.6 Å². The summed E-state index contributed by atoms with van der Waals surface area (Å²) in [5.74, 6) is 2.22. The van der Waals surface area contributed by atoms with Crippen molar-refractivity contribution in [1.82, 2.24) is 9.97 Å². The molecule has 1 rings (SSSR count). The van der Waals surface area contributed by atoms with E-state index in [1.165, 1.54) is 0 Å². The lowest BCUT2D eigenvalue weighted by molar-refractivity contribution is 0.138. The molecule has 0 aliphatic rings. The fourth-order valence-corrected chi connectivity index (χ4v) is 1.83. The number of nitrogens with zero attached hydrogens (tertiary/aromatic N) is 2. The lowest BCUT2D eigenvalue weighted by atomic mass is 10.0. The molecule has 108 valence electrons. The Hall–Kier alpha value is -1.36. The smallest absolute Gasteiger partial charge is 0.135 e. The maximum absolute atomic E-state index is 9.87. The average molecular weight is 266 g/mol. The van der Waals surface area contributed by atoms with Crippen LogP contribution in [0.2, 0.25) is 0 Å². The molecule has 1 unspecified atom stereocenters. The minimum Gasteiger partial charge on any atom is -0.391 e. The number of hydrogen-bond acceptors (Lipinski definition) is 5. The molecule has 5 heteroatoms.